The second-order valence-corrected chi connectivity index (χ2v) is 3.94. The molecule has 0 radical (unpaired) electrons. The fourth-order valence-corrected chi connectivity index (χ4v) is 1.92. The van der Waals surface area contributed by atoms with E-state index in [4.69, 9.17) is 5.11 Å². The third-order valence-corrected chi connectivity index (χ3v) is 2.82. The van der Waals surface area contributed by atoms with Gasteiger partial charge in [-0.2, -0.15) is 0 Å². The van der Waals surface area contributed by atoms with Gasteiger partial charge in [-0.3, -0.25) is 0 Å². The maximum absolute atomic E-state index is 10.7. The van der Waals surface area contributed by atoms with Crippen LogP contribution >= 0.6 is 0 Å². The zero-order valence-electron chi connectivity index (χ0n) is 9.15. The van der Waals surface area contributed by atoms with Crippen LogP contribution in [0.25, 0.3) is 0 Å². The maximum atomic E-state index is 10.7. The van der Waals surface area contributed by atoms with Gasteiger partial charge < -0.3 is 15.3 Å². The summed E-state index contributed by atoms with van der Waals surface area (Å²) in [6.45, 7) is 4.05. The highest BCUT2D eigenvalue weighted by atomic mass is 16.4. The molecule has 0 amide bonds. The van der Waals surface area contributed by atoms with Gasteiger partial charge >= 0.3 is 5.97 Å². The summed E-state index contributed by atoms with van der Waals surface area (Å²) in [5.74, 6) is -0.871. The van der Waals surface area contributed by atoms with Crippen LogP contribution in [-0.2, 0) is 0 Å². The zero-order valence-corrected chi connectivity index (χ0v) is 9.15. The smallest absolute Gasteiger partial charge is 0.335 e. The van der Waals surface area contributed by atoms with E-state index in [1.165, 1.54) is 0 Å². The van der Waals surface area contributed by atoms with E-state index in [1.807, 2.05) is 12.1 Å². The summed E-state index contributed by atoms with van der Waals surface area (Å²) in [4.78, 5) is 13.0. The number of nitrogens with one attached hydrogen (secondary N) is 1. The van der Waals surface area contributed by atoms with E-state index < -0.39 is 5.97 Å². The molecule has 2 rings (SSSR count). The first-order chi connectivity index (χ1) is 7.77. The Labute approximate surface area is 94.9 Å². The summed E-state index contributed by atoms with van der Waals surface area (Å²) in [5, 5.41) is 12.1. The number of nitrogens with zero attached hydrogens (tertiary/aromatic N) is 1. The van der Waals surface area contributed by atoms with Crippen LogP contribution in [0.3, 0.4) is 0 Å². The molecule has 1 aromatic carbocycles. The van der Waals surface area contributed by atoms with Crippen LogP contribution < -0.4 is 10.2 Å². The molecule has 2 N–H and O–H groups in total. The standard InChI is InChI=1S/C12H16N2O2/c15-12(16)10-2-4-11(5-3-10)14-8-1-6-13-7-9-14/h2-5,13H,1,6-9H2,(H,15,16). The lowest BCUT2D eigenvalue weighted by Crippen LogP contribution is -2.27. The first kappa shape index (κ1) is 11.0. The monoisotopic (exact) mass is 220 g/mol. The van der Waals surface area contributed by atoms with Gasteiger partial charge in [0.1, 0.15) is 0 Å². The molecule has 0 aromatic heterocycles. The number of carboxylic acid groups (broad SMARTS) is 1. The van der Waals surface area contributed by atoms with Crippen LogP contribution in [0.4, 0.5) is 5.69 Å². The maximum Gasteiger partial charge on any atom is 0.335 e. The predicted octanol–water partition coefficient (Wildman–Crippen LogP) is 1.18. The highest BCUT2D eigenvalue weighted by Crippen LogP contribution is 2.16. The Morgan fingerprint density at radius 2 is 1.94 bits per heavy atom. The van der Waals surface area contributed by atoms with Gasteiger partial charge in [-0.1, -0.05) is 0 Å². The van der Waals surface area contributed by atoms with Crippen molar-refractivity contribution in [1.82, 2.24) is 5.32 Å². The first-order valence-electron chi connectivity index (χ1n) is 5.56. The van der Waals surface area contributed by atoms with E-state index >= 15 is 0 Å². The number of aromatic carboxylic acids is 1. The molecule has 86 valence electrons. The van der Waals surface area contributed by atoms with Gasteiger partial charge in [-0.05, 0) is 37.2 Å². The first-order valence-corrected chi connectivity index (χ1v) is 5.56. The summed E-state index contributed by atoms with van der Waals surface area (Å²) >= 11 is 0. The summed E-state index contributed by atoms with van der Waals surface area (Å²) in [5.41, 5.74) is 1.45. The molecule has 1 fully saturated rings. The molecular weight excluding hydrogens is 204 g/mol. The van der Waals surface area contributed by atoms with E-state index in [-0.39, 0.29) is 0 Å². The molecule has 0 atom stereocenters. The number of carboxylic acids is 1. The number of carbonyl (C=O) groups is 1. The van der Waals surface area contributed by atoms with Crippen molar-refractivity contribution in [3.05, 3.63) is 29.8 Å². The van der Waals surface area contributed by atoms with Crippen molar-refractivity contribution in [2.45, 2.75) is 6.42 Å². The van der Waals surface area contributed by atoms with Crippen LogP contribution in [0.15, 0.2) is 24.3 Å². The topological polar surface area (TPSA) is 52.6 Å². The Morgan fingerprint density at radius 3 is 2.62 bits per heavy atom. The summed E-state index contributed by atoms with van der Waals surface area (Å²) in [6.07, 6.45) is 1.13. The van der Waals surface area contributed by atoms with Crippen LogP contribution in [0.2, 0.25) is 0 Å². The Kier molecular flexibility index (Phi) is 3.41. The predicted molar refractivity (Wildman–Crippen MR) is 63.1 cm³/mol. The van der Waals surface area contributed by atoms with Gasteiger partial charge in [0.05, 0.1) is 5.56 Å². The van der Waals surface area contributed by atoms with Crippen molar-refractivity contribution in [2.24, 2.45) is 0 Å². The number of benzene rings is 1. The Hall–Kier alpha value is -1.55. The van der Waals surface area contributed by atoms with E-state index in [0.717, 1.165) is 38.3 Å². The molecule has 4 nitrogen and oxygen atoms in total. The molecule has 1 heterocycles. The number of rotatable bonds is 2. The zero-order chi connectivity index (χ0) is 11.4. The molecule has 1 saturated heterocycles. The van der Waals surface area contributed by atoms with E-state index in [0.29, 0.717) is 5.56 Å². The minimum atomic E-state index is -0.871. The van der Waals surface area contributed by atoms with Crippen molar-refractivity contribution in [3.8, 4) is 0 Å². The van der Waals surface area contributed by atoms with Crippen molar-refractivity contribution in [2.75, 3.05) is 31.1 Å². The lowest BCUT2D eigenvalue weighted by Gasteiger charge is -2.22. The fourth-order valence-electron chi connectivity index (χ4n) is 1.92. The summed E-state index contributed by atoms with van der Waals surface area (Å²) < 4.78 is 0. The van der Waals surface area contributed by atoms with Crippen LogP contribution in [0, 0.1) is 0 Å². The molecule has 1 aromatic rings. The summed E-state index contributed by atoms with van der Waals surface area (Å²) in [7, 11) is 0. The fraction of sp³-hybridized carbons (Fsp3) is 0.417. The second kappa shape index (κ2) is 4.99. The van der Waals surface area contributed by atoms with Crippen molar-refractivity contribution >= 4 is 11.7 Å². The van der Waals surface area contributed by atoms with Gasteiger partial charge in [-0.25, -0.2) is 4.79 Å². The molecule has 0 saturated carbocycles. The minimum absolute atomic E-state index is 0.344. The van der Waals surface area contributed by atoms with Crippen LogP contribution in [0.1, 0.15) is 16.8 Å². The van der Waals surface area contributed by atoms with E-state index in [9.17, 15) is 4.79 Å². The quantitative estimate of drug-likeness (QED) is 0.786. The highest BCUT2D eigenvalue weighted by molar-refractivity contribution is 5.88. The second-order valence-electron chi connectivity index (χ2n) is 3.94. The van der Waals surface area contributed by atoms with Crippen molar-refractivity contribution in [3.63, 3.8) is 0 Å². The van der Waals surface area contributed by atoms with Gasteiger partial charge in [0.25, 0.3) is 0 Å². The minimum Gasteiger partial charge on any atom is -0.478 e. The van der Waals surface area contributed by atoms with Gasteiger partial charge in [0, 0.05) is 25.3 Å². The molecule has 0 bridgehead atoms. The van der Waals surface area contributed by atoms with Crippen LogP contribution in [-0.4, -0.2) is 37.3 Å². The lowest BCUT2D eigenvalue weighted by atomic mass is 10.2. The van der Waals surface area contributed by atoms with Crippen molar-refractivity contribution < 1.29 is 9.90 Å². The van der Waals surface area contributed by atoms with Gasteiger partial charge in [0.2, 0.25) is 0 Å². The van der Waals surface area contributed by atoms with E-state index in [1.54, 1.807) is 12.1 Å². The van der Waals surface area contributed by atoms with Crippen LogP contribution in [0.5, 0.6) is 0 Å². The normalized spacial score (nSPS) is 16.9. The number of hydrogen-bond donors (Lipinski definition) is 2. The Morgan fingerprint density at radius 1 is 1.19 bits per heavy atom. The van der Waals surface area contributed by atoms with Gasteiger partial charge in [0.15, 0.2) is 0 Å². The molecule has 4 heteroatoms. The molecule has 1 aliphatic rings. The van der Waals surface area contributed by atoms with E-state index in [2.05, 4.69) is 10.2 Å². The van der Waals surface area contributed by atoms with Crippen molar-refractivity contribution in [1.29, 1.82) is 0 Å². The molecule has 0 aliphatic carbocycles. The SMILES string of the molecule is O=C(O)c1ccc(N2CCCNCC2)cc1. The molecule has 16 heavy (non-hydrogen) atoms. The Bertz CT molecular complexity index is 354. The third-order valence-electron chi connectivity index (χ3n) is 2.82. The number of anilines is 1. The largest absolute Gasteiger partial charge is 0.478 e. The Balaban J connectivity index is 2.10. The molecule has 0 unspecified atom stereocenters. The summed E-state index contributed by atoms with van der Waals surface area (Å²) in [6, 6.07) is 7.09. The number of hydrogen-bond acceptors (Lipinski definition) is 3. The molecular formula is C12H16N2O2. The highest BCUT2D eigenvalue weighted by Gasteiger charge is 2.10. The average molecular weight is 220 g/mol. The molecule has 0 spiro atoms. The average Bonchev–Trinajstić information content (AvgIpc) is 2.57. The lowest BCUT2D eigenvalue weighted by molar-refractivity contribution is 0.0697. The van der Waals surface area contributed by atoms with Gasteiger partial charge in [-0.15, -0.1) is 0 Å². The molecule has 1 aliphatic heterocycles. The third kappa shape index (κ3) is 2.52.